The van der Waals surface area contributed by atoms with Gasteiger partial charge in [-0.2, -0.15) is 8.42 Å². The number of aliphatic hydroxyl groups is 3. The molecule has 0 heterocycles. The molecule has 0 fully saturated rings. The van der Waals surface area contributed by atoms with Crippen molar-refractivity contribution >= 4 is 15.9 Å². The SMILES string of the molecule is CC(O)CO.COCC(C)=O.COCC(C)O.COS(C)(=O)=O. The summed E-state index contributed by atoms with van der Waals surface area (Å²) in [5, 5.41) is 24.4. The minimum atomic E-state index is -3.16. The molecule has 0 aliphatic carbocycles. The molecule has 0 spiro atoms. The molecule has 3 N–H and O–H groups in total. The number of ketones is 1. The first-order valence-corrected chi connectivity index (χ1v) is 8.39. The van der Waals surface area contributed by atoms with Crippen molar-refractivity contribution in [2.24, 2.45) is 0 Å². The third-order valence-electron chi connectivity index (χ3n) is 1.32. The maximum atomic E-state index is 9.92. The fourth-order valence-corrected chi connectivity index (χ4v) is 0.444. The molecular formula is C13H32O9S. The molecular weight excluding hydrogens is 332 g/mol. The van der Waals surface area contributed by atoms with E-state index in [1.165, 1.54) is 21.0 Å². The van der Waals surface area contributed by atoms with Crippen LogP contribution in [-0.4, -0.2) is 89.1 Å². The van der Waals surface area contributed by atoms with Crippen molar-refractivity contribution < 1.29 is 42.2 Å². The summed E-state index contributed by atoms with van der Waals surface area (Å²) in [6.45, 7) is 5.23. The average molecular weight is 364 g/mol. The molecule has 0 amide bonds. The Kier molecular flexibility index (Phi) is 28.1. The number of Topliss-reactive ketones (excluding diaryl/α,β-unsaturated/α-hetero) is 1. The quantitative estimate of drug-likeness (QED) is 0.516. The molecule has 0 aromatic rings. The third kappa shape index (κ3) is 74.5. The Morgan fingerprint density at radius 2 is 1.39 bits per heavy atom. The number of rotatable bonds is 6. The van der Waals surface area contributed by atoms with Gasteiger partial charge in [0.25, 0.3) is 10.1 Å². The van der Waals surface area contributed by atoms with Gasteiger partial charge >= 0.3 is 0 Å². The Balaban J connectivity index is -0.000000105. The fraction of sp³-hybridized carbons (Fsp3) is 0.923. The Morgan fingerprint density at radius 1 is 1.04 bits per heavy atom. The molecule has 0 aliphatic heterocycles. The molecule has 144 valence electrons. The first-order chi connectivity index (χ1) is 10.4. The highest BCUT2D eigenvalue weighted by atomic mass is 32.2. The number of hydrogen-bond acceptors (Lipinski definition) is 9. The Hall–Kier alpha value is -0.620. The van der Waals surface area contributed by atoms with E-state index in [1.54, 1.807) is 14.0 Å². The lowest BCUT2D eigenvalue weighted by Crippen LogP contribution is -2.07. The normalized spacial score (nSPS) is 12.3. The molecule has 0 saturated carbocycles. The molecule has 2 unspecified atom stereocenters. The van der Waals surface area contributed by atoms with Gasteiger partial charge in [-0.3, -0.25) is 8.98 Å². The molecule has 0 aromatic carbocycles. The van der Waals surface area contributed by atoms with Gasteiger partial charge in [0.05, 0.1) is 38.8 Å². The van der Waals surface area contributed by atoms with Gasteiger partial charge in [-0.05, 0) is 20.8 Å². The summed E-state index contributed by atoms with van der Waals surface area (Å²) in [4.78, 5) is 9.92. The number of methoxy groups -OCH3 is 2. The van der Waals surface area contributed by atoms with Gasteiger partial charge in [-0.25, -0.2) is 0 Å². The van der Waals surface area contributed by atoms with Gasteiger partial charge in [0, 0.05) is 14.2 Å². The van der Waals surface area contributed by atoms with E-state index in [-0.39, 0.29) is 25.1 Å². The zero-order valence-electron chi connectivity index (χ0n) is 15.0. The molecule has 0 aromatic heterocycles. The summed E-state index contributed by atoms with van der Waals surface area (Å²) < 4.78 is 32.5. The topological polar surface area (TPSA) is 140 Å². The predicted octanol–water partition coefficient (Wildman–Crippen LogP) is -0.813. The third-order valence-corrected chi connectivity index (χ3v) is 1.93. The zero-order chi connectivity index (χ0) is 19.5. The second-order valence-corrected chi connectivity index (χ2v) is 6.08. The van der Waals surface area contributed by atoms with Crippen LogP contribution in [0.15, 0.2) is 0 Å². The van der Waals surface area contributed by atoms with E-state index < -0.39 is 16.2 Å². The van der Waals surface area contributed by atoms with E-state index >= 15 is 0 Å². The van der Waals surface area contributed by atoms with Gasteiger partial charge in [-0.15, -0.1) is 0 Å². The first kappa shape index (κ1) is 30.3. The summed E-state index contributed by atoms with van der Waals surface area (Å²) in [7, 11) is 1.02. The van der Waals surface area contributed by atoms with E-state index in [0.717, 1.165) is 13.4 Å². The Morgan fingerprint density at radius 3 is 1.39 bits per heavy atom. The second-order valence-electron chi connectivity index (χ2n) is 4.34. The summed E-state index contributed by atoms with van der Waals surface area (Å²) in [6, 6.07) is 0. The Bertz CT molecular complexity index is 326. The average Bonchev–Trinajstić information content (AvgIpc) is 2.39. The number of ether oxygens (including phenoxy) is 2. The molecule has 0 rings (SSSR count). The van der Waals surface area contributed by atoms with Crippen LogP contribution in [0.5, 0.6) is 0 Å². The molecule has 23 heavy (non-hydrogen) atoms. The van der Waals surface area contributed by atoms with E-state index in [0.29, 0.717) is 6.61 Å². The highest BCUT2D eigenvalue weighted by molar-refractivity contribution is 7.85. The van der Waals surface area contributed by atoms with Gasteiger partial charge < -0.3 is 24.8 Å². The summed E-state index contributed by atoms with van der Waals surface area (Å²) in [5.41, 5.74) is 0. The minimum absolute atomic E-state index is 0.0671. The van der Waals surface area contributed by atoms with Crippen molar-refractivity contribution in [2.45, 2.75) is 33.0 Å². The van der Waals surface area contributed by atoms with E-state index in [4.69, 9.17) is 15.3 Å². The van der Waals surface area contributed by atoms with Crippen LogP contribution in [0.25, 0.3) is 0 Å². The lowest BCUT2D eigenvalue weighted by molar-refractivity contribution is -0.120. The van der Waals surface area contributed by atoms with Crippen LogP contribution in [0.3, 0.4) is 0 Å². The van der Waals surface area contributed by atoms with Gasteiger partial charge in [-0.1, -0.05) is 0 Å². The highest BCUT2D eigenvalue weighted by Gasteiger charge is 1.90. The lowest BCUT2D eigenvalue weighted by atomic mass is 10.5. The maximum Gasteiger partial charge on any atom is 0.264 e. The lowest BCUT2D eigenvalue weighted by Gasteiger charge is -1.97. The van der Waals surface area contributed by atoms with Crippen LogP contribution in [-0.2, 0) is 28.6 Å². The predicted molar refractivity (Wildman–Crippen MR) is 86.7 cm³/mol. The fourth-order valence-electron chi connectivity index (χ4n) is 0.444. The van der Waals surface area contributed by atoms with E-state index in [2.05, 4.69) is 13.7 Å². The number of aliphatic hydroxyl groups excluding tert-OH is 3. The van der Waals surface area contributed by atoms with Crippen LogP contribution < -0.4 is 0 Å². The van der Waals surface area contributed by atoms with Crippen molar-refractivity contribution in [3.63, 3.8) is 0 Å². The number of carbonyl (C=O) groups excluding carboxylic acids is 1. The van der Waals surface area contributed by atoms with Crippen molar-refractivity contribution in [1.29, 1.82) is 0 Å². The molecule has 0 aliphatic rings. The van der Waals surface area contributed by atoms with Crippen molar-refractivity contribution in [2.75, 3.05) is 47.4 Å². The van der Waals surface area contributed by atoms with Crippen LogP contribution in [0.1, 0.15) is 20.8 Å². The van der Waals surface area contributed by atoms with Crippen molar-refractivity contribution in [1.82, 2.24) is 0 Å². The largest absolute Gasteiger partial charge is 0.394 e. The highest BCUT2D eigenvalue weighted by Crippen LogP contribution is 1.76. The van der Waals surface area contributed by atoms with Gasteiger partial charge in [0.15, 0.2) is 5.78 Å². The first-order valence-electron chi connectivity index (χ1n) is 6.57. The standard InChI is InChI=1S/C4H10O2.C4H8O2.C3H8O2.C2H6O3S/c2*1-4(5)3-6-2;1-3(5)2-4;1-5-6(2,3)4/h4-5H,3H2,1-2H3;3H2,1-2H3;3-5H,2H2,1H3;1-2H3. The molecule has 0 saturated heterocycles. The molecule has 10 heteroatoms. The molecule has 2 atom stereocenters. The molecule has 0 bridgehead atoms. The van der Waals surface area contributed by atoms with Gasteiger partial charge in [0.1, 0.15) is 6.61 Å². The number of carbonyl (C=O) groups is 1. The zero-order valence-corrected chi connectivity index (χ0v) is 15.8. The van der Waals surface area contributed by atoms with Crippen LogP contribution in [0.2, 0.25) is 0 Å². The number of hydrogen-bond donors (Lipinski definition) is 3. The van der Waals surface area contributed by atoms with Crippen LogP contribution >= 0.6 is 0 Å². The minimum Gasteiger partial charge on any atom is -0.394 e. The molecule has 0 radical (unpaired) electrons. The Labute approximate surface area is 139 Å². The van der Waals surface area contributed by atoms with E-state index in [1.807, 2.05) is 0 Å². The van der Waals surface area contributed by atoms with Crippen LogP contribution in [0, 0.1) is 0 Å². The van der Waals surface area contributed by atoms with Crippen molar-refractivity contribution in [3.05, 3.63) is 0 Å². The second kappa shape index (κ2) is 21.4. The summed E-state index contributed by atoms with van der Waals surface area (Å²) in [5.74, 6) is 0.0671. The monoisotopic (exact) mass is 364 g/mol. The smallest absolute Gasteiger partial charge is 0.264 e. The molecule has 9 nitrogen and oxygen atoms in total. The van der Waals surface area contributed by atoms with Gasteiger partial charge in [0.2, 0.25) is 0 Å². The van der Waals surface area contributed by atoms with Crippen LogP contribution in [0.4, 0.5) is 0 Å². The van der Waals surface area contributed by atoms with Crippen molar-refractivity contribution in [3.8, 4) is 0 Å². The van der Waals surface area contributed by atoms with E-state index in [9.17, 15) is 13.2 Å². The summed E-state index contributed by atoms with van der Waals surface area (Å²) in [6.07, 6.45) is 0.109. The summed E-state index contributed by atoms with van der Waals surface area (Å²) >= 11 is 0. The maximum absolute atomic E-state index is 9.92.